The van der Waals surface area contributed by atoms with Crippen molar-refractivity contribution < 1.29 is 0 Å². The van der Waals surface area contributed by atoms with Gasteiger partial charge < -0.3 is 0 Å². The molecule has 182 valence electrons. The van der Waals surface area contributed by atoms with E-state index in [1.165, 1.54) is 95.9 Å². The summed E-state index contributed by atoms with van der Waals surface area (Å²) in [6, 6.07) is 17.6. The number of aryl methyl sites for hydroxylation is 4. The van der Waals surface area contributed by atoms with E-state index < -0.39 is 0 Å². The van der Waals surface area contributed by atoms with E-state index in [0.29, 0.717) is 0 Å². The van der Waals surface area contributed by atoms with E-state index in [0.717, 1.165) is 22.9 Å². The zero-order valence-electron chi connectivity index (χ0n) is 21.4. The maximum absolute atomic E-state index is 6.32. The summed E-state index contributed by atoms with van der Waals surface area (Å²) in [5, 5.41) is 1.61. The second-order valence-electron chi connectivity index (χ2n) is 9.71. The highest BCUT2D eigenvalue weighted by Gasteiger charge is 2.16. The van der Waals surface area contributed by atoms with Crippen molar-refractivity contribution >= 4 is 23.2 Å². The van der Waals surface area contributed by atoms with Crippen molar-refractivity contribution in [2.24, 2.45) is 0 Å². The standard InChI is InChI=1S/C32H40Cl2/c1-5-7-9-11-13-25-21-32(30-18-16-28(34)20-24(30)4)26(14-12-10-8-6-2)22-31(25)29-17-15-27(33)19-23(29)3/h15-22H,5-14H2,1-4H3. The quantitative estimate of drug-likeness (QED) is 0.219. The largest absolute Gasteiger partial charge is 0.0843 e. The summed E-state index contributed by atoms with van der Waals surface area (Å²) in [5.41, 5.74) is 10.8. The van der Waals surface area contributed by atoms with Crippen molar-refractivity contribution in [3.8, 4) is 22.3 Å². The van der Waals surface area contributed by atoms with Gasteiger partial charge >= 0.3 is 0 Å². The maximum Gasteiger partial charge on any atom is 0.0409 e. The van der Waals surface area contributed by atoms with E-state index in [4.69, 9.17) is 23.2 Å². The van der Waals surface area contributed by atoms with Gasteiger partial charge in [-0.05, 0) is 108 Å². The van der Waals surface area contributed by atoms with Gasteiger partial charge in [0.2, 0.25) is 0 Å². The maximum atomic E-state index is 6.32. The molecule has 3 aromatic rings. The minimum Gasteiger partial charge on any atom is -0.0843 e. The first kappa shape index (κ1) is 26.8. The highest BCUT2D eigenvalue weighted by molar-refractivity contribution is 6.31. The monoisotopic (exact) mass is 494 g/mol. The molecule has 0 amide bonds. The number of hydrogen-bond donors (Lipinski definition) is 0. The third-order valence-corrected chi connectivity index (χ3v) is 7.36. The summed E-state index contributed by atoms with van der Waals surface area (Å²) in [4.78, 5) is 0. The SMILES string of the molecule is CCCCCCc1cc(-c2ccc(Cl)cc2C)c(CCCCCC)cc1-c1ccc(Cl)cc1C. The van der Waals surface area contributed by atoms with E-state index in [1.54, 1.807) is 0 Å². The van der Waals surface area contributed by atoms with Gasteiger partial charge in [-0.2, -0.15) is 0 Å². The van der Waals surface area contributed by atoms with Crippen LogP contribution in [-0.2, 0) is 12.8 Å². The van der Waals surface area contributed by atoms with Gasteiger partial charge in [-0.15, -0.1) is 0 Å². The van der Waals surface area contributed by atoms with Crippen LogP contribution in [0.15, 0.2) is 48.5 Å². The molecular formula is C32H40Cl2. The third-order valence-electron chi connectivity index (χ3n) is 6.89. The Morgan fingerprint density at radius 2 is 0.912 bits per heavy atom. The van der Waals surface area contributed by atoms with Crippen LogP contribution in [0.3, 0.4) is 0 Å². The van der Waals surface area contributed by atoms with Crippen LogP contribution in [0.5, 0.6) is 0 Å². The fourth-order valence-corrected chi connectivity index (χ4v) is 5.40. The van der Waals surface area contributed by atoms with E-state index >= 15 is 0 Å². The minimum absolute atomic E-state index is 0.805. The summed E-state index contributed by atoms with van der Waals surface area (Å²) < 4.78 is 0. The molecule has 0 N–H and O–H groups in total. The van der Waals surface area contributed by atoms with Gasteiger partial charge in [0.05, 0.1) is 0 Å². The van der Waals surface area contributed by atoms with E-state index in [9.17, 15) is 0 Å². The zero-order chi connectivity index (χ0) is 24.5. The Kier molecular flexibility index (Phi) is 10.5. The van der Waals surface area contributed by atoms with Gasteiger partial charge in [-0.25, -0.2) is 0 Å². The summed E-state index contributed by atoms with van der Waals surface area (Å²) in [7, 11) is 0. The smallest absolute Gasteiger partial charge is 0.0409 e. The molecule has 0 aliphatic heterocycles. The molecule has 0 spiro atoms. The van der Waals surface area contributed by atoms with Crippen LogP contribution in [0.1, 0.15) is 87.5 Å². The highest BCUT2D eigenvalue weighted by Crippen LogP contribution is 2.38. The number of benzene rings is 3. The molecule has 2 heteroatoms. The molecular weight excluding hydrogens is 455 g/mol. The number of unbranched alkanes of at least 4 members (excludes halogenated alkanes) is 6. The number of rotatable bonds is 12. The molecule has 0 nitrogen and oxygen atoms in total. The summed E-state index contributed by atoms with van der Waals surface area (Å²) in [6.07, 6.45) is 12.3. The first-order chi connectivity index (χ1) is 16.4. The van der Waals surface area contributed by atoms with Crippen LogP contribution in [0.2, 0.25) is 10.0 Å². The molecule has 0 aromatic heterocycles. The van der Waals surface area contributed by atoms with Crippen molar-refractivity contribution in [2.45, 2.75) is 91.9 Å². The average Bonchev–Trinajstić information content (AvgIpc) is 2.80. The predicted octanol–water partition coefficient (Wildman–Crippen LogP) is 11.2. The highest BCUT2D eigenvalue weighted by atomic mass is 35.5. The molecule has 0 unspecified atom stereocenters. The molecule has 0 fully saturated rings. The van der Waals surface area contributed by atoms with Crippen LogP contribution >= 0.6 is 23.2 Å². The molecule has 0 aliphatic rings. The molecule has 0 bridgehead atoms. The van der Waals surface area contributed by atoms with Crippen molar-refractivity contribution in [3.63, 3.8) is 0 Å². The molecule has 0 saturated carbocycles. The lowest BCUT2D eigenvalue weighted by Gasteiger charge is -2.20. The fourth-order valence-electron chi connectivity index (χ4n) is 4.95. The third kappa shape index (κ3) is 7.12. The summed E-state index contributed by atoms with van der Waals surface area (Å²) in [5.74, 6) is 0. The molecule has 0 aliphatic carbocycles. The Hall–Kier alpha value is -1.76. The molecule has 0 saturated heterocycles. The van der Waals surface area contributed by atoms with Crippen LogP contribution in [0.25, 0.3) is 22.3 Å². The van der Waals surface area contributed by atoms with Crippen LogP contribution in [0, 0.1) is 13.8 Å². The lowest BCUT2D eigenvalue weighted by atomic mass is 9.85. The van der Waals surface area contributed by atoms with E-state index in [1.807, 2.05) is 12.1 Å². The minimum atomic E-state index is 0.805. The fraction of sp³-hybridized carbons (Fsp3) is 0.438. The van der Waals surface area contributed by atoms with Crippen LogP contribution < -0.4 is 0 Å². The second kappa shape index (κ2) is 13.4. The number of hydrogen-bond acceptors (Lipinski definition) is 0. The topological polar surface area (TPSA) is 0 Å². The number of halogens is 2. The lowest BCUT2D eigenvalue weighted by molar-refractivity contribution is 0.664. The van der Waals surface area contributed by atoms with Crippen molar-refractivity contribution in [2.75, 3.05) is 0 Å². The Balaban J connectivity index is 2.13. The van der Waals surface area contributed by atoms with Crippen molar-refractivity contribution in [1.82, 2.24) is 0 Å². The summed E-state index contributed by atoms with van der Waals surface area (Å²) >= 11 is 12.6. The zero-order valence-corrected chi connectivity index (χ0v) is 23.0. The van der Waals surface area contributed by atoms with Crippen LogP contribution in [-0.4, -0.2) is 0 Å². The van der Waals surface area contributed by atoms with Crippen LogP contribution in [0.4, 0.5) is 0 Å². The molecule has 3 aromatic carbocycles. The average molecular weight is 496 g/mol. The Bertz CT molecular complexity index is 993. The summed E-state index contributed by atoms with van der Waals surface area (Å²) in [6.45, 7) is 8.91. The Morgan fingerprint density at radius 1 is 0.500 bits per heavy atom. The van der Waals surface area contributed by atoms with Gasteiger partial charge in [0.15, 0.2) is 0 Å². The van der Waals surface area contributed by atoms with Crippen molar-refractivity contribution in [1.29, 1.82) is 0 Å². The van der Waals surface area contributed by atoms with Crippen molar-refractivity contribution in [3.05, 3.63) is 80.8 Å². The first-order valence-corrected chi connectivity index (χ1v) is 13.9. The van der Waals surface area contributed by atoms with Gasteiger partial charge in [0.25, 0.3) is 0 Å². The Labute approximate surface area is 217 Å². The van der Waals surface area contributed by atoms with Gasteiger partial charge in [-0.3, -0.25) is 0 Å². The molecule has 0 heterocycles. The second-order valence-corrected chi connectivity index (χ2v) is 10.6. The lowest BCUT2D eigenvalue weighted by Crippen LogP contribution is -2.00. The first-order valence-electron chi connectivity index (χ1n) is 13.1. The normalized spacial score (nSPS) is 11.2. The Morgan fingerprint density at radius 3 is 1.26 bits per heavy atom. The van der Waals surface area contributed by atoms with Gasteiger partial charge in [-0.1, -0.05) is 99.8 Å². The molecule has 0 radical (unpaired) electrons. The molecule has 34 heavy (non-hydrogen) atoms. The van der Waals surface area contributed by atoms with Gasteiger partial charge in [0.1, 0.15) is 0 Å². The molecule has 3 rings (SSSR count). The predicted molar refractivity (Wildman–Crippen MR) is 152 cm³/mol. The van der Waals surface area contributed by atoms with Gasteiger partial charge in [0, 0.05) is 10.0 Å². The van der Waals surface area contributed by atoms with E-state index in [-0.39, 0.29) is 0 Å². The molecule has 0 atom stereocenters. The van der Waals surface area contributed by atoms with E-state index in [2.05, 4.69) is 64.1 Å².